The van der Waals surface area contributed by atoms with Crippen LogP contribution >= 0.6 is 0 Å². The maximum absolute atomic E-state index is 11.9. The average Bonchev–Trinajstić information content (AvgIpc) is 2.62. The summed E-state index contributed by atoms with van der Waals surface area (Å²) in [4.78, 5) is 13.2. The van der Waals surface area contributed by atoms with Gasteiger partial charge in [-0.15, -0.1) is 0 Å². The molecule has 1 rings (SSSR count). The van der Waals surface area contributed by atoms with Crippen LogP contribution in [0, 0.1) is 0 Å². The quantitative estimate of drug-likeness (QED) is 0.788. The Labute approximate surface area is 109 Å². The van der Waals surface area contributed by atoms with Crippen molar-refractivity contribution in [2.45, 2.75) is 50.3 Å². The second-order valence-corrected chi connectivity index (χ2v) is 7.28. The third kappa shape index (κ3) is 2.85. The van der Waals surface area contributed by atoms with Gasteiger partial charge in [0, 0.05) is 11.8 Å². The van der Waals surface area contributed by atoms with Crippen LogP contribution in [0.15, 0.2) is 0 Å². The molecule has 106 valence electrons. The van der Waals surface area contributed by atoms with Gasteiger partial charge in [0.2, 0.25) is 0 Å². The van der Waals surface area contributed by atoms with Crippen LogP contribution < -0.4 is 0 Å². The van der Waals surface area contributed by atoms with Crippen molar-refractivity contribution in [3.63, 3.8) is 0 Å². The van der Waals surface area contributed by atoms with Crippen molar-refractivity contribution >= 4 is 15.8 Å². The monoisotopic (exact) mass is 277 g/mol. The lowest BCUT2D eigenvalue weighted by atomic mass is 9.90. The largest absolute Gasteiger partial charge is 0.481 e. The van der Waals surface area contributed by atoms with Crippen LogP contribution in [0.25, 0.3) is 0 Å². The maximum atomic E-state index is 11.9. The van der Waals surface area contributed by atoms with E-state index < -0.39 is 26.6 Å². The zero-order valence-corrected chi connectivity index (χ0v) is 12.2. The Bertz CT molecular complexity index is 402. The molecule has 0 spiro atoms. The molecule has 1 fully saturated rings. The summed E-state index contributed by atoms with van der Waals surface area (Å²) in [6.07, 6.45) is 3.14. The van der Waals surface area contributed by atoms with Crippen LogP contribution in [-0.4, -0.2) is 54.5 Å². The third-order valence-corrected chi connectivity index (χ3v) is 5.75. The van der Waals surface area contributed by atoms with Gasteiger partial charge in [-0.1, -0.05) is 20.3 Å². The standard InChI is InChI=1S/C12H23NO4S/c1-4-13(5-2)12(9-11(14)15)8-6-7-10(12)18(3,16)17/h10H,4-9H2,1-3H3,(H,14,15). The summed E-state index contributed by atoms with van der Waals surface area (Å²) in [5.74, 6) is -0.919. The summed E-state index contributed by atoms with van der Waals surface area (Å²) in [5, 5.41) is 8.59. The van der Waals surface area contributed by atoms with Gasteiger partial charge in [0.05, 0.1) is 11.7 Å². The topological polar surface area (TPSA) is 74.7 Å². The molecule has 0 aromatic carbocycles. The Kier molecular flexibility index (Phi) is 4.78. The molecular formula is C12H23NO4S. The minimum absolute atomic E-state index is 0.0909. The molecule has 6 heteroatoms. The summed E-state index contributed by atoms with van der Waals surface area (Å²) >= 11 is 0. The molecule has 0 amide bonds. The first-order chi connectivity index (χ1) is 8.28. The van der Waals surface area contributed by atoms with Gasteiger partial charge < -0.3 is 5.11 Å². The highest BCUT2D eigenvalue weighted by Gasteiger charge is 2.52. The van der Waals surface area contributed by atoms with Gasteiger partial charge >= 0.3 is 5.97 Å². The van der Waals surface area contributed by atoms with Crippen molar-refractivity contribution in [2.24, 2.45) is 0 Å². The minimum Gasteiger partial charge on any atom is -0.481 e. The van der Waals surface area contributed by atoms with Crippen LogP contribution in [0.3, 0.4) is 0 Å². The third-order valence-electron chi connectivity index (χ3n) is 4.04. The van der Waals surface area contributed by atoms with E-state index in [1.807, 2.05) is 18.7 Å². The minimum atomic E-state index is -3.23. The lowest BCUT2D eigenvalue weighted by Gasteiger charge is -2.43. The molecule has 2 atom stereocenters. The first-order valence-corrected chi connectivity index (χ1v) is 8.39. The van der Waals surface area contributed by atoms with E-state index in [-0.39, 0.29) is 6.42 Å². The Morgan fingerprint density at radius 1 is 1.39 bits per heavy atom. The smallest absolute Gasteiger partial charge is 0.305 e. The molecule has 0 aliphatic heterocycles. The Morgan fingerprint density at radius 2 is 1.94 bits per heavy atom. The number of carboxylic acids is 1. The SMILES string of the molecule is CCN(CC)C1(CC(=O)O)CCCC1S(C)(=O)=O. The predicted molar refractivity (Wildman–Crippen MR) is 70.4 cm³/mol. The van der Waals surface area contributed by atoms with E-state index in [0.717, 1.165) is 6.42 Å². The molecule has 1 N–H and O–H groups in total. The van der Waals surface area contributed by atoms with Crippen molar-refractivity contribution in [1.29, 1.82) is 0 Å². The molecule has 5 nitrogen and oxygen atoms in total. The zero-order valence-electron chi connectivity index (χ0n) is 11.3. The molecule has 0 aromatic heterocycles. The van der Waals surface area contributed by atoms with E-state index in [4.69, 9.17) is 5.11 Å². The maximum Gasteiger partial charge on any atom is 0.305 e. The second kappa shape index (κ2) is 5.57. The van der Waals surface area contributed by atoms with Crippen molar-refractivity contribution in [3.05, 3.63) is 0 Å². The molecule has 0 saturated heterocycles. The molecule has 1 saturated carbocycles. The van der Waals surface area contributed by atoms with Crippen molar-refractivity contribution < 1.29 is 18.3 Å². The number of nitrogens with zero attached hydrogens (tertiary/aromatic N) is 1. The molecule has 1 aliphatic carbocycles. The van der Waals surface area contributed by atoms with Gasteiger partial charge in [-0.25, -0.2) is 8.42 Å². The molecule has 0 radical (unpaired) electrons. The van der Waals surface area contributed by atoms with E-state index in [0.29, 0.717) is 25.9 Å². The van der Waals surface area contributed by atoms with Crippen LogP contribution in [-0.2, 0) is 14.6 Å². The van der Waals surface area contributed by atoms with Gasteiger partial charge in [-0.05, 0) is 25.9 Å². The molecule has 0 heterocycles. The van der Waals surface area contributed by atoms with Crippen LogP contribution in [0.2, 0.25) is 0 Å². The van der Waals surface area contributed by atoms with Gasteiger partial charge in [0.1, 0.15) is 0 Å². The van der Waals surface area contributed by atoms with E-state index in [1.165, 1.54) is 6.26 Å². The summed E-state index contributed by atoms with van der Waals surface area (Å²) in [6, 6.07) is 0. The lowest BCUT2D eigenvalue weighted by molar-refractivity contribution is -0.140. The molecule has 18 heavy (non-hydrogen) atoms. The van der Waals surface area contributed by atoms with Gasteiger partial charge in [-0.3, -0.25) is 9.69 Å². The number of hydrogen-bond donors (Lipinski definition) is 1. The highest BCUT2D eigenvalue weighted by molar-refractivity contribution is 7.91. The fourth-order valence-corrected chi connectivity index (χ4v) is 5.17. The molecule has 1 aliphatic rings. The van der Waals surface area contributed by atoms with E-state index in [1.54, 1.807) is 0 Å². The second-order valence-electron chi connectivity index (χ2n) is 5.06. The summed E-state index contributed by atoms with van der Waals surface area (Å²) < 4.78 is 23.9. The number of hydrogen-bond acceptors (Lipinski definition) is 4. The number of carboxylic acid groups (broad SMARTS) is 1. The van der Waals surface area contributed by atoms with E-state index >= 15 is 0 Å². The number of sulfone groups is 1. The fraction of sp³-hybridized carbons (Fsp3) is 0.917. The Balaban J connectivity index is 3.22. The Hall–Kier alpha value is -0.620. The number of aliphatic carboxylic acids is 1. The normalized spacial score (nSPS) is 28.8. The van der Waals surface area contributed by atoms with E-state index in [9.17, 15) is 13.2 Å². The van der Waals surface area contributed by atoms with Crippen LogP contribution in [0.1, 0.15) is 39.5 Å². The molecule has 2 unspecified atom stereocenters. The summed E-state index contributed by atoms with van der Waals surface area (Å²) in [6.45, 7) is 5.25. The average molecular weight is 277 g/mol. The first kappa shape index (κ1) is 15.4. The van der Waals surface area contributed by atoms with Gasteiger partial charge in [0.15, 0.2) is 9.84 Å². The highest BCUT2D eigenvalue weighted by atomic mass is 32.2. The molecule has 0 aromatic rings. The first-order valence-electron chi connectivity index (χ1n) is 6.43. The highest BCUT2D eigenvalue weighted by Crippen LogP contribution is 2.41. The van der Waals surface area contributed by atoms with Crippen molar-refractivity contribution in [1.82, 2.24) is 4.90 Å². The molecular weight excluding hydrogens is 254 g/mol. The predicted octanol–water partition coefficient (Wildman–Crippen LogP) is 1.14. The Morgan fingerprint density at radius 3 is 2.33 bits per heavy atom. The zero-order chi connectivity index (χ0) is 14.0. The van der Waals surface area contributed by atoms with Crippen molar-refractivity contribution in [3.8, 4) is 0 Å². The van der Waals surface area contributed by atoms with Crippen molar-refractivity contribution in [2.75, 3.05) is 19.3 Å². The number of carbonyl (C=O) groups is 1. The molecule has 0 bridgehead atoms. The summed E-state index contributed by atoms with van der Waals surface area (Å²) in [5.41, 5.74) is -0.719. The number of rotatable bonds is 6. The van der Waals surface area contributed by atoms with Gasteiger partial charge in [0.25, 0.3) is 0 Å². The van der Waals surface area contributed by atoms with E-state index in [2.05, 4.69) is 0 Å². The lowest BCUT2D eigenvalue weighted by Crippen LogP contribution is -2.57. The summed E-state index contributed by atoms with van der Waals surface area (Å²) in [7, 11) is -3.23. The van der Waals surface area contributed by atoms with Gasteiger partial charge in [-0.2, -0.15) is 0 Å². The van der Waals surface area contributed by atoms with Crippen LogP contribution in [0.4, 0.5) is 0 Å². The fourth-order valence-electron chi connectivity index (χ4n) is 3.43. The van der Waals surface area contributed by atoms with Crippen LogP contribution in [0.5, 0.6) is 0 Å².